The van der Waals surface area contributed by atoms with Crippen molar-refractivity contribution in [2.45, 2.75) is 12.8 Å². The summed E-state index contributed by atoms with van der Waals surface area (Å²) < 4.78 is 0. The SMILES string of the molecule is O=C(O)Cc1ccc(NC(=O)CCCl)cc1. The van der Waals surface area contributed by atoms with E-state index in [2.05, 4.69) is 5.32 Å². The Kier molecular flexibility index (Phi) is 4.79. The molecule has 16 heavy (non-hydrogen) atoms. The first-order valence-corrected chi connectivity index (χ1v) is 5.32. The van der Waals surface area contributed by atoms with E-state index in [4.69, 9.17) is 16.7 Å². The molecule has 0 bridgehead atoms. The lowest BCUT2D eigenvalue weighted by Gasteiger charge is -2.04. The summed E-state index contributed by atoms with van der Waals surface area (Å²) in [6.07, 6.45) is 0.244. The van der Waals surface area contributed by atoms with E-state index in [9.17, 15) is 9.59 Å². The number of carboxylic acids is 1. The van der Waals surface area contributed by atoms with Crippen molar-refractivity contribution in [1.29, 1.82) is 0 Å². The largest absolute Gasteiger partial charge is 0.481 e. The summed E-state index contributed by atoms with van der Waals surface area (Å²) in [5.41, 5.74) is 1.34. The van der Waals surface area contributed by atoms with Gasteiger partial charge in [-0.1, -0.05) is 12.1 Å². The van der Waals surface area contributed by atoms with Crippen LogP contribution in [-0.4, -0.2) is 22.9 Å². The van der Waals surface area contributed by atoms with E-state index in [1.807, 2.05) is 0 Å². The Balaban J connectivity index is 2.57. The molecule has 1 amide bonds. The van der Waals surface area contributed by atoms with Crippen LogP contribution in [0.1, 0.15) is 12.0 Å². The molecule has 5 heteroatoms. The van der Waals surface area contributed by atoms with Crippen LogP contribution in [0, 0.1) is 0 Å². The molecular formula is C11H12ClNO3. The summed E-state index contributed by atoms with van der Waals surface area (Å²) >= 11 is 5.42. The summed E-state index contributed by atoms with van der Waals surface area (Å²) in [6.45, 7) is 0. The number of benzene rings is 1. The van der Waals surface area contributed by atoms with Crippen molar-refractivity contribution >= 4 is 29.2 Å². The fourth-order valence-corrected chi connectivity index (χ4v) is 1.36. The quantitative estimate of drug-likeness (QED) is 0.774. The maximum Gasteiger partial charge on any atom is 0.307 e. The van der Waals surface area contributed by atoms with Gasteiger partial charge in [0.05, 0.1) is 6.42 Å². The highest BCUT2D eigenvalue weighted by molar-refractivity contribution is 6.19. The molecule has 0 atom stereocenters. The van der Waals surface area contributed by atoms with E-state index >= 15 is 0 Å². The number of halogens is 1. The topological polar surface area (TPSA) is 66.4 Å². The molecule has 1 rings (SSSR count). The summed E-state index contributed by atoms with van der Waals surface area (Å²) in [6, 6.07) is 6.68. The zero-order valence-corrected chi connectivity index (χ0v) is 9.33. The first-order valence-electron chi connectivity index (χ1n) is 4.78. The Hall–Kier alpha value is -1.55. The van der Waals surface area contributed by atoms with Crippen LogP contribution in [0.25, 0.3) is 0 Å². The molecule has 4 nitrogen and oxygen atoms in total. The fraction of sp³-hybridized carbons (Fsp3) is 0.273. The number of rotatable bonds is 5. The molecule has 0 heterocycles. The molecule has 0 aliphatic heterocycles. The second-order valence-electron chi connectivity index (χ2n) is 3.25. The Bertz CT molecular complexity index is 375. The number of anilines is 1. The van der Waals surface area contributed by atoms with Crippen LogP contribution in [0.3, 0.4) is 0 Å². The normalized spacial score (nSPS) is 9.81. The van der Waals surface area contributed by atoms with Gasteiger partial charge in [-0.3, -0.25) is 9.59 Å². The zero-order chi connectivity index (χ0) is 12.0. The Morgan fingerprint density at radius 2 is 1.88 bits per heavy atom. The van der Waals surface area contributed by atoms with Crippen LogP contribution in [-0.2, 0) is 16.0 Å². The van der Waals surface area contributed by atoms with Gasteiger partial charge in [-0.25, -0.2) is 0 Å². The van der Waals surface area contributed by atoms with Crippen molar-refractivity contribution in [2.24, 2.45) is 0 Å². The van der Waals surface area contributed by atoms with Gasteiger partial charge in [0.15, 0.2) is 0 Å². The van der Waals surface area contributed by atoms with Gasteiger partial charge in [0.25, 0.3) is 0 Å². The van der Waals surface area contributed by atoms with Crippen LogP contribution in [0.2, 0.25) is 0 Å². The lowest BCUT2D eigenvalue weighted by Crippen LogP contribution is -2.11. The van der Waals surface area contributed by atoms with Gasteiger partial charge in [0, 0.05) is 18.0 Å². The zero-order valence-electron chi connectivity index (χ0n) is 8.57. The van der Waals surface area contributed by atoms with Gasteiger partial charge in [-0.15, -0.1) is 11.6 Å². The Morgan fingerprint density at radius 3 is 2.38 bits per heavy atom. The molecule has 0 spiro atoms. The lowest BCUT2D eigenvalue weighted by molar-refractivity contribution is -0.136. The number of nitrogens with one attached hydrogen (secondary N) is 1. The molecule has 0 aliphatic rings. The molecule has 0 unspecified atom stereocenters. The van der Waals surface area contributed by atoms with E-state index in [-0.39, 0.29) is 24.6 Å². The molecule has 0 saturated heterocycles. The van der Waals surface area contributed by atoms with E-state index in [0.717, 1.165) is 0 Å². The van der Waals surface area contributed by atoms with Crippen molar-refractivity contribution in [3.05, 3.63) is 29.8 Å². The number of alkyl halides is 1. The van der Waals surface area contributed by atoms with Crippen LogP contribution < -0.4 is 5.32 Å². The number of aliphatic carboxylic acids is 1. The summed E-state index contributed by atoms with van der Waals surface area (Å²) in [5, 5.41) is 11.2. The van der Waals surface area contributed by atoms with Crippen molar-refractivity contribution in [1.82, 2.24) is 0 Å². The minimum atomic E-state index is -0.876. The molecule has 0 aromatic heterocycles. The van der Waals surface area contributed by atoms with Crippen molar-refractivity contribution in [3.63, 3.8) is 0 Å². The van der Waals surface area contributed by atoms with Crippen molar-refractivity contribution in [3.8, 4) is 0 Å². The van der Waals surface area contributed by atoms with Gasteiger partial charge in [0.2, 0.25) is 5.91 Å². The Labute approximate surface area is 98.2 Å². The van der Waals surface area contributed by atoms with Gasteiger partial charge in [-0.05, 0) is 17.7 Å². The monoisotopic (exact) mass is 241 g/mol. The number of hydrogen-bond acceptors (Lipinski definition) is 2. The second kappa shape index (κ2) is 6.12. The number of carbonyl (C=O) groups excluding carboxylic acids is 1. The van der Waals surface area contributed by atoms with Crippen LogP contribution in [0.15, 0.2) is 24.3 Å². The molecule has 1 aromatic rings. The van der Waals surface area contributed by atoms with Crippen LogP contribution >= 0.6 is 11.6 Å². The standard InChI is InChI=1S/C11H12ClNO3/c12-6-5-10(14)13-9-3-1-8(2-4-9)7-11(15)16/h1-4H,5-7H2,(H,13,14)(H,15,16). The van der Waals surface area contributed by atoms with E-state index < -0.39 is 5.97 Å². The van der Waals surface area contributed by atoms with Crippen molar-refractivity contribution in [2.75, 3.05) is 11.2 Å². The first-order chi connectivity index (χ1) is 7.61. The number of carboxylic acid groups (broad SMARTS) is 1. The maximum atomic E-state index is 11.2. The van der Waals surface area contributed by atoms with E-state index in [0.29, 0.717) is 11.3 Å². The van der Waals surface area contributed by atoms with Gasteiger partial charge in [-0.2, -0.15) is 0 Å². The Morgan fingerprint density at radius 1 is 1.25 bits per heavy atom. The number of amides is 1. The molecule has 0 radical (unpaired) electrons. The first kappa shape index (κ1) is 12.5. The smallest absolute Gasteiger partial charge is 0.307 e. The minimum Gasteiger partial charge on any atom is -0.481 e. The third kappa shape index (κ3) is 4.31. The number of hydrogen-bond donors (Lipinski definition) is 2. The highest BCUT2D eigenvalue weighted by Crippen LogP contribution is 2.10. The van der Waals surface area contributed by atoms with Gasteiger partial charge in [0.1, 0.15) is 0 Å². The summed E-state index contributed by atoms with van der Waals surface area (Å²) in [7, 11) is 0. The predicted octanol–water partition coefficient (Wildman–Crippen LogP) is 1.88. The molecule has 1 aromatic carbocycles. The van der Waals surface area contributed by atoms with Crippen molar-refractivity contribution < 1.29 is 14.7 Å². The molecule has 0 saturated carbocycles. The van der Waals surface area contributed by atoms with E-state index in [1.165, 1.54) is 0 Å². The maximum absolute atomic E-state index is 11.2. The van der Waals surface area contributed by atoms with E-state index in [1.54, 1.807) is 24.3 Å². The molecular weight excluding hydrogens is 230 g/mol. The molecule has 2 N–H and O–H groups in total. The third-order valence-electron chi connectivity index (χ3n) is 1.91. The average Bonchev–Trinajstić information content (AvgIpc) is 2.20. The van der Waals surface area contributed by atoms with Crippen LogP contribution in [0.5, 0.6) is 0 Å². The van der Waals surface area contributed by atoms with Gasteiger partial charge >= 0.3 is 5.97 Å². The highest BCUT2D eigenvalue weighted by Gasteiger charge is 2.02. The van der Waals surface area contributed by atoms with Crippen LogP contribution in [0.4, 0.5) is 5.69 Å². The third-order valence-corrected chi connectivity index (χ3v) is 2.10. The summed E-state index contributed by atoms with van der Waals surface area (Å²) in [5.74, 6) is -0.747. The summed E-state index contributed by atoms with van der Waals surface area (Å²) in [4.78, 5) is 21.6. The second-order valence-corrected chi connectivity index (χ2v) is 3.63. The number of carbonyl (C=O) groups is 2. The molecule has 0 fully saturated rings. The fourth-order valence-electron chi connectivity index (χ4n) is 1.19. The predicted molar refractivity (Wildman–Crippen MR) is 61.7 cm³/mol. The average molecular weight is 242 g/mol. The molecule has 0 aliphatic carbocycles. The lowest BCUT2D eigenvalue weighted by atomic mass is 10.1. The minimum absolute atomic E-state index is 0.0179. The van der Waals surface area contributed by atoms with Gasteiger partial charge < -0.3 is 10.4 Å². The molecule has 86 valence electrons. The highest BCUT2D eigenvalue weighted by atomic mass is 35.5.